The minimum atomic E-state index is -0.565. The highest BCUT2D eigenvalue weighted by Gasteiger charge is 2.21. The van der Waals surface area contributed by atoms with Crippen molar-refractivity contribution < 1.29 is 14.3 Å². The molecule has 1 aliphatic carbocycles. The van der Waals surface area contributed by atoms with Gasteiger partial charge in [0.15, 0.2) is 5.96 Å². The van der Waals surface area contributed by atoms with Crippen LogP contribution in [0.5, 0.6) is 0 Å². The van der Waals surface area contributed by atoms with E-state index in [0.717, 1.165) is 24.4 Å². The SMILES string of the molecule is CCNC(=NCc1coc(-c2ccccc2)n1)NCC(O)COCC1CC1.I. The molecule has 1 atom stereocenters. The number of aliphatic hydroxyl groups is 1. The van der Waals surface area contributed by atoms with Crippen LogP contribution in [0.3, 0.4) is 0 Å². The van der Waals surface area contributed by atoms with E-state index in [1.165, 1.54) is 12.8 Å². The molecule has 154 valence electrons. The monoisotopic (exact) mass is 500 g/mol. The first-order valence-corrected chi connectivity index (χ1v) is 9.52. The Hall–Kier alpha value is -1.65. The Kier molecular flexibility index (Phi) is 9.72. The molecule has 1 saturated carbocycles. The number of nitrogens with one attached hydrogen (secondary N) is 2. The van der Waals surface area contributed by atoms with Crippen LogP contribution in [0.4, 0.5) is 0 Å². The van der Waals surface area contributed by atoms with Crippen molar-refractivity contribution in [1.82, 2.24) is 15.6 Å². The lowest BCUT2D eigenvalue weighted by atomic mass is 10.2. The van der Waals surface area contributed by atoms with Crippen LogP contribution in [0.1, 0.15) is 25.5 Å². The van der Waals surface area contributed by atoms with E-state index in [0.29, 0.717) is 37.5 Å². The maximum atomic E-state index is 10.0. The van der Waals surface area contributed by atoms with Crippen molar-refractivity contribution >= 4 is 29.9 Å². The molecule has 3 rings (SSSR count). The molecule has 0 saturated heterocycles. The van der Waals surface area contributed by atoms with Gasteiger partial charge in [0, 0.05) is 25.3 Å². The zero-order valence-electron chi connectivity index (χ0n) is 16.1. The number of guanidine groups is 1. The molecule has 2 aromatic rings. The van der Waals surface area contributed by atoms with Crippen LogP contribution >= 0.6 is 24.0 Å². The van der Waals surface area contributed by atoms with Gasteiger partial charge in [-0.25, -0.2) is 9.98 Å². The number of aliphatic imine (C=N–C) groups is 1. The van der Waals surface area contributed by atoms with Crippen molar-refractivity contribution in [3.63, 3.8) is 0 Å². The van der Waals surface area contributed by atoms with Gasteiger partial charge >= 0.3 is 0 Å². The molecule has 1 aromatic heterocycles. The fourth-order valence-corrected chi connectivity index (χ4v) is 2.52. The van der Waals surface area contributed by atoms with Crippen LogP contribution in [0.2, 0.25) is 0 Å². The molecule has 0 spiro atoms. The molecule has 1 fully saturated rings. The molecule has 28 heavy (non-hydrogen) atoms. The third-order valence-corrected chi connectivity index (χ3v) is 4.18. The number of benzene rings is 1. The summed E-state index contributed by atoms with van der Waals surface area (Å²) in [5.74, 6) is 1.91. The van der Waals surface area contributed by atoms with Gasteiger partial charge in [0.05, 0.1) is 19.3 Å². The standard InChI is InChI=1S/C20H28N4O3.HI/c1-2-21-20(23-11-18(25)14-26-12-15-8-9-15)22-10-17-13-27-19(24-17)16-6-4-3-5-7-16;/h3-7,13,15,18,25H,2,8-12,14H2,1H3,(H2,21,22,23);1H. The molecule has 1 aliphatic rings. The van der Waals surface area contributed by atoms with Crippen molar-refractivity contribution in [1.29, 1.82) is 0 Å². The maximum absolute atomic E-state index is 10.0. The molecule has 1 heterocycles. The normalized spacial score (nSPS) is 15.0. The summed E-state index contributed by atoms with van der Waals surface area (Å²) in [6.45, 7) is 4.59. The van der Waals surface area contributed by atoms with Gasteiger partial charge in [-0.05, 0) is 37.8 Å². The van der Waals surface area contributed by atoms with Crippen molar-refractivity contribution in [2.24, 2.45) is 10.9 Å². The highest BCUT2D eigenvalue weighted by molar-refractivity contribution is 14.0. The van der Waals surface area contributed by atoms with E-state index < -0.39 is 6.10 Å². The smallest absolute Gasteiger partial charge is 0.226 e. The number of halogens is 1. The quantitative estimate of drug-likeness (QED) is 0.264. The number of aliphatic hydroxyl groups excluding tert-OH is 1. The molecule has 8 heteroatoms. The Morgan fingerprint density at radius 1 is 1.32 bits per heavy atom. The van der Waals surface area contributed by atoms with E-state index in [2.05, 4.69) is 20.6 Å². The lowest BCUT2D eigenvalue weighted by Gasteiger charge is -2.15. The number of aromatic nitrogens is 1. The molecule has 1 aromatic carbocycles. The lowest BCUT2D eigenvalue weighted by molar-refractivity contribution is 0.0345. The zero-order chi connectivity index (χ0) is 18.9. The van der Waals surface area contributed by atoms with Crippen molar-refractivity contribution in [3.8, 4) is 11.5 Å². The zero-order valence-corrected chi connectivity index (χ0v) is 18.5. The van der Waals surface area contributed by atoms with Gasteiger partial charge in [-0.15, -0.1) is 24.0 Å². The number of hydrogen-bond donors (Lipinski definition) is 3. The minimum absolute atomic E-state index is 0. The van der Waals surface area contributed by atoms with Crippen LogP contribution in [0.25, 0.3) is 11.5 Å². The van der Waals surface area contributed by atoms with E-state index >= 15 is 0 Å². The Morgan fingerprint density at radius 3 is 2.82 bits per heavy atom. The summed E-state index contributed by atoms with van der Waals surface area (Å²) in [4.78, 5) is 8.97. The van der Waals surface area contributed by atoms with Crippen LogP contribution < -0.4 is 10.6 Å². The third kappa shape index (κ3) is 7.76. The highest BCUT2D eigenvalue weighted by Crippen LogP contribution is 2.28. The largest absolute Gasteiger partial charge is 0.444 e. The van der Waals surface area contributed by atoms with Gasteiger partial charge < -0.3 is 24.9 Å². The predicted molar refractivity (Wildman–Crippen MR) is 120 cm³/mol. The fourth-order valence-electron chi connectivity index (χ4n) is 2.52. The Bertz CT molecular complexity index is 719. The lowest BCUT2D eigenvalue weighted by Crippen LogP contribution is -2.42. The summed E-state index contributed by atoms with van der Waals surface area (Å²) >= 11 is 0. The van der Waals surface area contributed by atoms with Crippen molar-refractivity contribution in [2.45, 2.75) is 32.4 Å². The molecule has 0 aliphatic heterocycles. The molecule has 0 radical (unpaired) electrons. The number of hydrogen-bond acceptors (Lipinski definition) is 5. The summed E-state index contributed by atoms with van der Waals surface area (Å²) in [6.07, 6.45) is 3.55. The summed E-state index contributed by atoms with van der Waals surface area (Å²) in [5, 5.41) is 16.3. The van der Waals surface area contributed by atoms with Gasteiger partial charge in [-0.2, -0.15) is 0 Å². The van der Waals surface area contributed by atoms with Crippen LogP contribution in [-0.4, -0.2) is 48.5 Å². The van der Waals surface area contributed by atoms with Gasteiger partial charge in [-0.1, -0.05) is 18.2 Å². The van der Waals surface area contributed by atoms with E-state index in [-0.39, 0.29) is 24.0 Å². The van der Waals surface area contributed by atoms with E-state index in [4.69, 9.17) is 9.15 Å². The Balaban J connectivity index is 0.00000280. The van der Waals surface area contributed by atoms with Crippen molar-refractivity contribution in [2.75, 3.05) is 26.3 Å². The summed E-state index contributed by atoms with van der Waals surface area (Å²) in [5.41, 5.74) is 1.69. The molecule has 7 nitrogen and oxygen atoms in total. The Labute approximate surface area is 183 Å². The molecule has 0 amide bonds. The van der Waals surface area contributed by atoms with Crippen molar-refractivity contribution in [3.05, 3.63) is 42.3 Å². The second-order valence-electron chi connectivity index (χ2n) is 6.72. The van der Waals surface area contributed by atoms with Gasteiger partial charge in [0.25, 0.3) is 0 Å². The number of rotatable bonds is 10. The van der Waals surface area contributed by atoms with Crippen LogP contribution in [-0.2, 0) is 11.3 Å². The van der Waals surface area contributed by atoms with Gasteiger partial charge in [0.2, 0.25) is 5.89 Å². The maximum Gasteiger partial charge on any atom is 0.226 e. The number of nitrogens with zero attached hydrogens (tertiary/aromatic N) is 2. The van der Waals surface area contributed by atoms with E-state index in [9.17, 15) is 5.11 Å². The number of ether oxygens (including phenoxy) is 1. The van der Waals surface area contributed by atoms with Crippen LogP contribution in [0.15, 0.2) is 46.0 Å². The van der Waals surface area contributed by atoms with E-state index in [1.54, 1.807) is 6.26 Å². The Morgan fingerprint density at radius 2 is 2.11 bits per heavy atom. The fraction of sp³-hybridized carbons (Fsp3) is 0.500. The van der Waals surface area contributed by atoms with Crippen LogP contribution in [0, 0.1) is 5.92 Å². The van der Waals surface area contributed by atoms with Gasteiger partial charge in [0.1, 0.15) is 12.0 Å². The van der Waals surface area contributed by atoms with Gasteiger partial charge in [-0.3, -0.25) is 0 Å². The summed E-state index contributed by atoms with van der Waals surface area (Å²) in [6, 6.07) is 9.76. The highest BCUT2D eigenvalue weighted by atomic mass is 127. The van der Waals surface area contributed by atoms with E-state index in [1.807, 2.05) is 37.3 Å². The average molecular weight is 500 g/mol. The molecule has 0 bridgehead atoms. The topological polar surface area (TPSA) is 91.9 Å². The second-order valence-corrected chi connectivity index (χ2v) is 6.72. The third-order valence-electron chi connectivity index (χ3n) is 4.18. The minimum Gasteiger partial charge on any atom is -0.444 e. The summed E-state index contributed by atoms with van der Waals surface area (Å²) in [7, 11) is 0. The molecule has 3 N–H and O–H groups in total. The number of oxazole rings is 1. The first-order chi connectivity index (χ1) is 13.2. The molecular weight excluding hydrogens is 471 g/mol. The average Bonchev–Trinajstić information content (AvgIpc) is 3.39. The molecule has 1 unspecified atom stereocenters. The summed E-state index contributed by atoms with van der Waals surface area (Å²) < 4.78 is 11.0. The first kappa shape index (κ1) is 22.6. The second kappa shape index (κ2) is 12.0. The molecular formula is C20H29IN4O3. The predicted octanol–water partition coefficient (Wildman–Crippen LogP) is 2.80. The first-order valence-electron chi connectivity index (χ1n) is 9.52.